The van der Waals surface area contributed by atoms with Gasteiger partial charge in [-0.25, -0.2) is 0 Å². The smallest absolute Gasteiger partial charge is 0.118 e. The summed E-state index contributed by atoms with van der Waals surface area (Å²) in [5, 5.41) is 16.9. The van der Waals surface area contributed by atoms with Crippen molar-refractivity contribution in [3.8, 4) is 23.3 Å². The van der Waals surface area contributed by atoms with Crippen LogP contribution in [0.5, 0.6) is 0 Å². The third kappa shape index (κ3) is 4.36. The van der Waals surface area contributed by atoms with Gasteiger partial charge < -0.3 is 5.73 Å². The summed E-state index contributed by atoms with van der Waals surface area (Å²) in [6.45, 7) is 2.07. The second-order valence-electron chi connectivity index (χ2n) is 4.71. The molecule has 1 aliphatic rings. The SMILES string of the molecule is Cc1ccc(-c2ccc(C#N)cc2)cc1.N#CC1SC1N. The number of aryl methyl sites for hydroxylation is 1. The molecule has 0 aliphatic carbocycles. The zero-order valence-electron chi connectivity index (χ0n) is 11.7. The molecule has 21 heavy (non-hydrogen) atoms. The summed E-state index contributed by atoms with van der Waals surface area (Å²) in [6, 6.07) is 20.1. The molecule has 3 rings (SSSR count). The molecule has 0 spiro atoms. The van der Waals surface area contributed by atoms with Crippen LogP contribution in [0, 0.1) is 29.6 Å². The molecular formula is C17H15N3S. The first-order valence-electron chi connectivity index (χ1n) is 6.52. The van der Waals surface area contributed by atoms with E-state index in [0.29, 0.717) is 5.56 Å². The summed E-state index contributed by atoms with van der Waals surface area (Å²) in [6.07, 6.45) is 0. The highest BCUT2D eigenvalue weighted by Gasteiger charge is 2.34. The maximum absolute atomic E-state index is 8.69. The number of nitriles is 2. The van der Waals surface area contributed by atoms with Crippen LogP contribution in [0.2, 0.25) is 0 Å². The van der Waals surface area contributed by atoms with Gasteiger partial charge in [-0.1, -0.05) is 42.0 Å². The summed E-state index contributed by atoms with van der Waals surface area (Å²) in [5.74, 6) is 0. The Kier molecular flexibility index (Phi) is 5.00. The molecule has 0 saturated carbocycles. The van der Waals surface area contributed by atoms with Gasteiger partial charge in [-0.2, -0.15) is 10.5 Å². The van der Waals surface area contributed by atoms with Crippen molar-refractivity contribution >= 4 is 11.8 Å². The Morgan fingerprint density at radius 1 is 0.952 bits per heavy atom. The highest BCUT2D eigenvalue weighted by molar-refractivity contribution is 8.07. The molecule has 104 valence electrons. The lowest BCUT2D eigenvalue weighted by Crippen LogP contribution is -2.02. The number of hydrogen-bond donors (Lipinski definition) is 1. The first-order valence-corrected chi connectivity index (χ1v) is 7.46. The Bertz CT molecular complexity index is 678. The molecule has 2 aromatic rings. The minimum absolute atomic E-state index is 0.102. The summed E-state index contributed by atoms with van der Waals surface area (Å²) in [5.41, 5.74) is 9.51. The Labute approximate surface area is 129 Å². The van der Waals surface area contributed by atoms with Crippen LogP contribution in [0.3, 0.4) is 0 Å². The Morgan fingerprint density at radius 2 is 1.43 bits per heavy atom. The molecule has 1 saturated heterocycles. The first kappa shape index (κ1) is 15.1. The Balaban J connectivity index is 0.000000225. The van der Waals surface area contributed by atoms with Gasteiger partial charge in [0.1, 0.15) is 5.25 Å². The lowest BCUT2D eigenvalue weighted by molar-refractivity contribution is 1.07. The number of nitrogens with two attached hydrogens (primary N) is 1. The van der Waals surface area contributed by atoms with E-state index in [-0.39, 0.29) is 10.6 Å². The molecule has 2 atom stereocenters. The largest absolute Gasteiger partial charge is 0.318 e. The van der Waals surface area contributed by atoms with Crippen LogP contribution in [0.25, 0.3) is 11.1 Å². The molecule has 1 aliphatic heterocycles. The van der Waals surface area contributed by atoms with Crippen molar-refractivity contribution in [3.05, 3.63) is 59.7 Å². The Morgan fingerprint density at radius 3 is 1.76 bits per heavy atom. The monoisotopic (exact) mass is 293 g/mol. The zero-order chi connectivity index (χ0) is 15.2. The van der Waals surface area contributed by atoms with Crippen LogP contribution in [-0.4, -0.2) is 10.6 Å². The molecule has 0 amide bonds. The van der Waals surface area contributed by atoms with Crippen molar-refractivity contribution < 1.29 is 0 Å². The lowest BCUT2D eigenvalue weighted by atomic mass is 10.0. The van der Waals surface area contributed by atoms with Gasteiger partial charge in [-0.3, -0.25) is 0 Å². The van der Waals surface area contributed by atoms with E-state index in [9.17, 15) is 0 Å². The average molecular weight is 293 g/mol. The summed E-state index contributed by atoms with van der Waals surface area (Å²) in [4.78, 5) is 0. The summed E-state index contributed by atoms with van der Waals surface area (Å²) in [7, 11) is 0. The van der Waals surface area contributed by atoms with E-state index in [2.05, 4.69) is 37.3 Å². The standard InChI is InChI=1S/C14H11N.C3H4N2S/c1-11-2-6-13(7-3-11)14-8-4-12(10-15)5-9-14;4-1-2-3(5)6-2/h2-9H,1H3;2-3H,5H2. The molecule has 2 N–H and O–H groups in total. The van der Waals surface area contributed by atoms with E-state index in [4.69, 9.17) is 16.3 Å². The molecule has 1 fully saturated rings. The van der Waals surface area contributed by atoms with Gasteiger partial charge in [0.25, 0.3) is 0 Å². The maximum Gasteiger partial charge on any atom is 0.118 e. The van der Waals surface area contributed by atoms with E-state index >= 15 is 0 Å². The Hall–Kier alpha value is -2.27. The molecule has 0 aromatic heterocycles. The fourth-order valence-corrected chi connectivity index (χ4v) is 2.08. The molecular weight excluding hydrogens is 278 g/mol. The fraction of sp³-hybridized carbons (Fsp3) is 0.176. The van der Waals surface area contributed by atoms with Crippen molar-refractivity contribution in [2.24, 2.45) is 5.73 Å². The van der Waals surface area contributed by atoms with E-state index < -0.39 is 0 Å². The second-order valence-corrected chi connectivity index (χ2v) is 6.03. The highest BCUT2D eigenvalue weighted by atomic mass is 32.2. The van der Waals surface area contributed by atoms with Crippen LogP contribution in [0.4, 0.5) is 0 Å². The topological polar surface area (TPSA) is 73.6 Å². The molecule has 0 bridgehead atoms. The van der Waals surface area contributed by atoms with Crippen LogP contribution >= 0.6 is 11.8 Å². The van der Waals surface area contributed by atoms with Gasteiger partial charge in [0.05, 0.1) is 23.1 Å². The second kappa shape index (κ2) is 6.95. The van der Waals surface area contributed by atoms with Gasteiger partial charge in [0, 0.05) is 0 Å². The van der Waals surface area contributed by atoms with Gasteiger partial charge in [-0.15, -0.1) is 11.8 Å². The average Bonchev–Trinajstić information content (AvgIpc) is 3.25. The van der Waals surface area contributed by atoms with E-state index in [1.165, 1.54) is 22.9 Å². The lowest BCUT2D eigenvalue weighted by Gasteiger charge is -2.01. The minimum Gasteiger partial charge on any atom is -0.318 e. The van der Waals surface area contributed by atoms with Crippen LogP contribution in [0.1, 0.15) is 11.1 Å². The molecule has 0 radical (unpaired) electrons. The number of nitrogens with zero attached hydrogens (tertiary/aromatic N) is 2. The number of rotatable bonds is 1. The van der Waals surface area contributed by atoms with E-state index in [0.717, 1.165) is 5.56 Å². The van der Waals surface area contributed by atoms with Gasteiger partial charge in [0.15, 0.2) is 0 Å². The first-order chi connectivity index (χ1) is 10.1. The van der Waals surface area contributed by atoms with Crippen LogP contribution in [-0.2, 0) is 0 Å². The minimum atomic E-state index is 0.102. The van der Waals surface area contributed by atoms with E-state index in [1.54, 1.807) is 0 Å². The number of benzene rings is 2. The van der Waals surface area contributed by atoms with Crippen LogP contribution < -0.4 is 5.73 Å². The quantitative estimate of drug-likeness (QED) is 0.817. The van der Waals surface area contributed by atoms with E-state index in [1.807, 2.05) is 30.3 Å². The van der Waals surface area contributed by atoms with Crippen molar-refractivity contribution in [2.75, 3.05) is 0 Å². The summed E-state index contributed by atoms with van der Waals surface area (Å²) < 4.78 is 0. The maximum atomic E-state index is 8.69. The molecule has 2 unspecified atom stereocenters. The van der Waals surface area contributed by atoms with Gasteiger partial charge in [0.2, 0.25) is 0 Å². The third-order valence-corrected chi connectivity index (χ3v) is 4.02. The highest BCUT2D eigenvalue weighted by Crippen LogP contribution is 2.35. The molecule has 4 heteroatoms. The number of thioether (sulfide) groups is 1. The van der Waals surface area contributed by atoms with Crippen molar-refractivity contribution in [3.63, 3.8) is 0 Å². The van der Waals surface area contributed by atoms with Crippen molar-refractivity contribution in [1.82, 2.24) is 0 Å². The predicted octanol–water partition coefficient (Wildman–Crippen LogP) is 3.44. The summed E-state index contributed by atoms with van der Waals surface area (Å²) >= 11 is 1.51. The molecule has 2 aromatic carbocycles. The third-order valence-electron chi connectivity index (χ3n) is 3.05. The predicted molar refractivity (Wildman–Crippen MR) is 86.3 cm³/mol. The molecule has 3 nitrogen and oxygen atoms in total. The van der Waals surface area contributed by atoms with Gasteiger partial charge >= 0.3 is 0 Å². The fourth-order valence-electron chi connectivity index (χ4n) is 1.71. The van der Waals surface area contributed by atoms with Crippen LogP contribution in [0.15, 0.2) is 48.5 Å². The van der Waals surface area contributed by atoms with Gasteiger partial charge in [-0.05, 0) is 30.2 Å². The molecule has 1 heterocycles. The normalized spacial score (nSPS) is 18.7. The van der Waals surface area contributed by atoms with Crippen molar-refractivity contribution in [1.29, 1.82) is 10.5 Å². The number of hydrogen-bond acceptors (Lipinski definition) is 4. The van der Waals surface area contributed by atoms with Crippen molar-refractivity contribution in [2.45, 2.75) is 17.5 Å². The zero-order valence-corrected chi connectivity index (χ0v) is 12.5.